The molecule has 1 N–H and O–H groups in total. The van der Waals surface area contributed by atoms with Gasteiger partial charge in [-0.2, -0.15) is 0 Å². The molecule has 1 aromatic carbocycles. The van der Waals surface area contributed by atoms with E-state index in [1.54, 1.807) is 17.8 Å². The van der Waals surface area contributed by atoms with Crippen LogP contribution < -0.4 is 0 Å². The summed E-state index contributed by atoms with van der Waals surface area (Å²) in [5.41, 5.74) is 1.30. The second kappa shape index (κ2) is 3.62. The van der Waals surface area contributed by atoms with Crippen molar-refractivity contribution in [1.82, 2.24) is 0 Å². The Morgan fingerprint density at radius 2 is 1.85 bits per heavy atom. The van der Waals surface area contributed by atoms with Crippen molar-refractivity contribution in [2.24, 2.45) is 0 Å². The lowest BCUT2D eigenvalue weighted by Gasteiger charge is -2.22. The molecule has 0 saturated heterocycles. The van der Waals surface area contributed by atoms with Gasteiger partial charge in [0, 0.05) is 4.90 Å². The summed E-state index contributed by atoms with van der Waals surface area (Å²) in [7, 11) is 0. The average Bonchev–Trinajstić information content (AvgIpc) is 2.03. The van der Waals surface area contributed by atoms with Crippen LogP contribution in [0.2, 0.25) is 0 Å². The van der Waals surface area contributed by atoms with Crippen LogP contribution in [-0.2, 0) is 5.41 Å². The molecular weight excluding hydrogens is 180 g/mol. The Morgan fingerprint density at radius 3 is 2.31 bits per heavy atom. The molecule has 1 aromatic rings. The first-order valence-corrected chi connectivity index (χ1v) is 5.55. The smallest absolute Gasteiger partial charge is 0.115 e. The van der Waals surface area contributed by atoms with Crippen molar-refractivity contribution in [3.8, 4) is 5.75 Å². The molecule has 1 nitrogen and oxygen atoms in total. The van der Waals surface area contributed by atoms with Gasteiger partial charge in [-0.25, -0.2) is 0 Å². The molecule has 0 atom stereocenters. The first-order valence-electron chi connectivity index (χ1n) is 4.32. The minimum Gasteiger partial charge on any atom is -0.508 e. The van der Waals surface area contributed by atoms with E-state index < -0.39 is 0 Å². The summed E-state index contributed by atoms with van der Waals surface area (Å²) in [6.07, 6.45) is 2.06. The van der Waals surface area contributed by atoms with Crippen LogP contribution in [0.25, 0.3) is 0 Å². The van der Waals surface area contributed by atoms with Crippen LogP contribution in [-0.4, -0.2) is 11.4 Å². The second-order valence-electron chi connectivity index (χ2n) is 4.13. The van der Waals surface area contributed by atoms with Gasteiger partial charge in [-0.3, -0.25) is 0 Å². The Morgan fingerprint density at radius 1 is 1.23 bits per heavy atom. The maximum atomic E-state index is 9.39. The van der Waals surface area contributed by atoms with Gasteiger partial charge in [0.1, 0.15) is 5.75 Å². The molecule has 72 valence electrons. The third-order valence-corrected chi connectivity index (χ3v) is 2.79. The van der Waals surface area contributed by atoms with Gasteiger partial charge in [-0.1, -0.05) is 20.8 Å². The standard InChI is InChI=1S/C11H16OS/c1-11(2,3)9-7-8(12)5-6-10(9)13-4/h5-7,12H,1-4H3. The fourth-order valence-electron chi connectivity index (χ4n) is 1.28. The second-order valence-corrected chi connectivity index (χ2v) is 4.98. The van der Waals surface area contributed by atoms with Crippen molar-refractivity contribution >= 4 is 11.8 Å². The lowest BCUT2D eigenvalue weighted by molar-refractivity contribution is 0.469. The van der Waals surface area contributed by atoms with E-state index in [0.717, 1.165) is 0 Å². The number of phenols is 1. The molecule has 0 aliphatic carbocycles. The largest absolute Gasteiger partial charge is 0.508 e. The van der Waals surface area contributed by atoms with Gasteiger partial charge in [0.2, 0.25) is 0 Å². The van der Waals surface area contributed by atoms with Crippen LogP contribution in [0.15, 0.2) is 23.1 Å². The quantitative estimate of drug-likeness (QED) is 0.695. The Hall–Kier alpha value is -0.630. The fourth-order valence-corrected chi connectivity index (χ4v) is 2.07. The Kier molecular flexibility index (Phi) is 2.91. The van der Waals surface area contributed by atoms with E-state index in [9.17, 15) is 5.11 Å². The van der Waals surface area contributed by atoms with E-state index in [4.69, 9.17) is 0 Å². The predicted molar refractivity (Wildman–Crippen MR) is 58.6 cm³/mol. The lowest BCUT2D eigenvalue weighted by atomic mass is 9.87. The van der Waals surface area contributed by atoms with Crippen molar-refractivity contribution in [2.75, 3.05) is 6.26 Å². The summed E-state index contributed by atoms with van der Waals surface area (Å²) >= 11 is 1.72. The molecule has 0 unspecified atom stereocenters. The van der Waals surface area contributed by atoms with Gasteiger partial charge in [-0.05, 0) is 35.4 Å². The summed E-state index contributed by atoms with van der Waals surface area (Å²) < 4.78 is 0. The third-order valence-electron chi connectivity index (χ3n) is 1.99. The molecular formula is C11H16OS. The number of hydrogen-bond donors (Lipinski definition) is 1. The normalized spacial score (nSPS) is 11.7. The highest BCUT2D eigenvalue weighted by atomic mass is 32.2. The van der Waals surface area contributed by atoms with Crippen LogP contribution in [0.5, 0.6) is 5.75 Å². The number of aromatic hydroxyl groups is 1. The lowest BCUT2D eigenvalue weighted by Crippen LogP contribution is -2.12. The molecule has 0 spiro atoms. The van der Waals surface area contributed by atoms with E-state index in [1.165, 1.54) is 10.5 Å². The van der Waals surface area contributed by atoms with E-state index in [2.05, 4.69) is 27.0 Å². The minimum absolute atomic E-state index is 0.0943. The van der Waals surface area contributed by atoms with Gasteiger partial charge in [0.15, 0.2) is 0 Å². The van der Waals surface area contributed by atoms with Crippen molar-refractivity contribution in [3.63, 3.8) is 0 Å². The maximum absolute atomic E-state index is 9.39. The number of benzene rings is 1. The third kappa shape index (κ3) is 2.41. The van der Waals surface area contributed by atoms with Gasteiger partial charge in [0.05, 0.1) is 0 Å². The molecule has 0 aliphatic heterocycles. The molecule has 1 rings (SSSR count). The highest BCUT2D eigenvalue weighted by Crippen LogP contribution is 2.33. The summed E-state index contributed by atoms with van der Waals surface area (Å²) in [5.74, 6) is 0.350. The topological polar surface area (TPSA) is 20.2 Å². The average molecular weight is 196 g/mol. The zero-order chi connectivity index (χ0) is 10.1. The molecule has 0 radical (unpaired) electrons. The summed E-state index contributed by atoms with van der Waals surface area (Å²) in [6.45, 7) is 6.46. The fraction of sp³-hybridized carbons (Fsp3) is 0.455. The van der Waals surface area contributed by atoms with E-state index in [0.29, 0.717) is 5.75 Å². The van der Waals surface area contributed by atoms with Crippen LogP contribution in [0.4, 0.5) is 0 Å². The van der Waals surface area contributed by atoms with Crippen molar-refractivity contribution in [3.05, 3.63) is 23.8 Å². The highest BCUT2D eigenvalue weighted by molar-refractivity contribution is 7.98. The zero-order valence-corrected chi connectivity index (χ0v) is 9.40. The van der Waals surface area contributed by atoms with Gasteiger partial charge in [0.25, 0.3) is 0 Å². The summed E-state index contributed by atoms with van der Waals surface area (Å²) in [6, 6.07) is 5.56. The van der Waals surface area contributed by atoms with Crippen molar-refractivity contribution < 1.29 is 5.11 Å². The SMILES string of the molecule is CSc1ccc(O)cc1C(C)(C)C. The first kappa shape index (κ1) is 10.5. The molecule has 2 heteroatoms. The van der Waals surface area contributed by atoms with Gasteiger partial charge >= 0.3 is 0 Å². The van der Waals surface area contributed by atoms with Gasteiger partial charge in [-0.15, -0.1) is 11.8 Å². The monoisotopic (exact) mass is 196 g/mol. The Labute approximate surface area is 84.2 Å². The molecule has 13 heavy (non-hydrogen) atoms. The highest BCUT2D eigenvalue weighted by Gasteiger charge is 2.17. The van der Waals surface area contributed by atoms with Crippen molar-refractivity contribution in [1.29, 1.82) is 0 Å². The van der Waals surface area contributed by atoms with Crippen LogP contribution in [0, 0.1) is 0 Å². The van der Waals surface area contributed by atoms with Crippen molar-refractivity contribution in [2.45, 2.75) is 31.1 Å². The number of hydrogen-bond acceptors (Lipinski definition) is 2. The number of thioether (sulfide) groups is 1. The van der Waals surface area contributed by atoms with E-state index in [-0.39, 0.29) is 5.41 Å². The molecule has 0 aromatic heterocycles. The Balaban J connectivity index is 3.24. The zero-order valence-electron chi connectivity index (χ0n) is 8.59. The maximum Gasteiger partial charge on any atom is 0.115 e. The van der Waals surface area contributed by atoms with Crippen LogP contribution >= 0.6 is 11.8 Å². The van der Waals surface area contributed by atoms with E-state index >= 15 is 0 Å². The first-order chi connectivity index (χ1) is 5.95. The van der Waals surface area contributed by atoms with Crippen LogP contribution in [0.3, 0.4) is 0 Å². The van der Waals surface area contributed by atoms with Gasteiger partial charge < -0.3 is 5.11 Å². The molecule has 0 bridgehead atoms. The summed E-state index contributed by atoms with van der Waals surface area (Å²) in [5, 5.41) is 9.39. The molecule has 0 aliphatic rings. The molecule has 0 fully saturated rings. The summed E-state index contributed by atoms with van der Waals surface area (Å²) in [4.78, 5) is 1.24. The van der Waals surface area contributed by atoms with E-state index in [1.807, 2.05) is 12.1 Å². The molecule has 0 saturated carbocycles. The minimum atomic E-state index is 0.0943. The number of rotatable bonds is 1. The number of phenolic OH excluding ortho intramolecular Hbond substituents is 1. The van der Waals surface area contributed by atoms with Crippen LogP contribution in [0.1, 0.15) is 26.3 Å². The molecule has 0 heterocycles. The predicted octanol–water partition coefficient (Wildman–Crippen LogP) is 3.41. The Bertz CT molecular complexity index is 299. The molecule has 0 amide bonds.